The van der Waals surface area contributed by atoms with Gasteiger partial charge in [0.25, 0.3) is 5.91 Å². The molecule has 4 nitrogen and oxygen atoms in total. The van der Waals surface area contributed by atoms with Crippen LogP contribution in [-0.4, -0.2) is 12.2 Å². The molecule has 1 amide bonds. The first-order valence-electron chi connectivity index (χ1n) is 7.11. The van der Waals surface area contributed by atoms with Crippen molar-refractivity contribution in [3.05, 3.63) is 64.7 Å². The van der Waals surface area contributed by atoms with Crippen LogP contribution >= 0.6 is 0 Å². The lowest BCUT2D eigenvalue weighted by atomic mass is 9.98. The Morgan fingerprint density at radius 1 is 1.14 bits per heavy atom. The highest BCUT2D eigenvalue weighted by molar-refractivity contribution is 6.36. The zero-order valence-electron chi connectivity index (χ0n) is 11.8. The summed E-state index contributed by atoms with van der Waals surface area (Å²) in [6.07, 6.45) is 1.28. The molecule has 0 saturated heterocycles. The Kier molecular flexibility index (Phi) is 2.82. The summed E-state index contributed by atoms with van der Waals surface area (Å²) in [6, 6.07) is 13.4. The number of para-hydroxylation sites is 1. The van der Waals surface area contributed by atoms with Crippen molar-refractivity contribution < 1.29 is 14.3 Å². The topological polar surface area (TPSA) is 55.4 Å². The fourth-order valence-electron chi connectivity index (χ4n) is 2.99. The largest absolute Gasteiger partial charge is 0.487 e. The van der Waals surface area contributed by atoms with Crippen molar-refractivity contribution in [1.82, 2.24) is 0 Å². The third kappa shape index (κ3) is 1.84. The molecule has 1 N–H and O–H groups in total. The molecule has 2 aromatic carbocycles. The van der Waals surface area contributed by atoms with E-state index in [2.05, 4.69) is 5.32 Å². The van der Waals surface area contributed by atoms with E-state index in [0.717, 1.165) is 34.2 Å². The lowest BCUT2D eigenvalue weighted by molar-refractivity contribution is -0.111. The SMILES string of the molecule is O=CCc1ccc2c(c1)COC2=C1C(=O)Nc2ccccc21. The van der Waals surface area contributed by atoms with Gasteiger partial charge in [0.1, 0.15) is 18.7 Å². The molecule has 0 saturated carbocycles. The van der Waals surface area contributed by atoms with Gasteiger partial charge in [0.2, 0.25) is 0 Å². The fraction of sp³-hybridized carbons (Fsp3) is 0.111. The Morgan fingerprint density at radius 2 is 2.00 bits per heavy atom. The normalized spacial score (nSPS) is 18.5. The number of aldehydes is 1. The minimum absolute atomic E-state index is 0.138. The molecule has 2 heterocycles. The van der Waals surface area contributed by atoms with Crippen molar-refractivity contribution in [2.45, 2.75) is 13.0 Å². The van der Waals surface area contributed by atoms with E-state index in [1.807, 2.05) is 42.5 Å². The van der Waals surface area contributed by atoms with Crippen molar-refractivity contribution in [1.29, 1.82) is 0 Å². The molecular formula is C18H13NO3. The number of hydrogen-bond donors (Lipinski definition) is 1. The van der Waals surface area contributed by atoms with Gasteiger partial charge in [-0.05, 0) is 11.6 Å². The van der Waals surface area contributed by atoms with E-state index in [1.165, 1.54) is 0 Å². The van der Waals surface area contributed by atoms with E-state index in [1.54, 1.807) is 0 Å². The van der Waals surface area contributed by atoms with Crippen LogP contribution in [0.1, 0.15) is 22.3 Å². The van der Waals surface area contributed by atoms with Crippen LogP contribution < -0.4 is 5.32 Å². The van der Waals surface area contributed by atoms with Gasteiger partial charge >= 0.3 is 0 Å². The first-order chi connectivity index (χ1) is 10.8. The minimum Gasteiger partial charge on any atom is -0.487 e. The number of carbonyl (C=O) groups excluding carboxylic acids is 2. The summed E-state index contributed by atoms with van der Waals surface area (Å²) >= 11 is 0. The molecule has 22 heavy (non-hydrogen) atoms. The number of carbonyl (C=O) groups is 2. The summed E-state index contributed by atoms with van der Waals surface area (Å²) in [4.78, 5) is 22.9. The van der Waals surface area contributed by atoms with Gasteiger partial charge < -0.3 is 14.8 Å². The molecule has 0 bridgehead atoms. The first kappa shape index (κ1) is 12.8. The van der Waals surface area contributed by atoms with Crippen molar-refractivity contribution in [3.63, 3.8) is 0 Å². The van der Waals surface area contributed by atoms with Gasteiger partial charge in [-0.25, -0.2) is 0 Å². The summed E-state index contributed by atoms with van der Waals surface area (Å²) in [7, 11) is 0. The molecule has 2 aromatic rings. The van der Waals surface area contributed by atoms with Crippen LogP contribution in [0.4, 0.5) is 5.69 Å². The molecule has 2 aliphatic rings. The Hall–Kier alpha value is -2.88. The van der Waals surface area contributed by atoms with Crippen LogP contribution in [0.25, 0.3) is 11.3 Å². The van der Waals surface area contributed by atoms with Gasteiger partial charge in [-0.2, -0.15) is 0 Å². The second-order valence-corrected chi connectivity index (χ2v) is 5.35. The zero-order chi connectivity index (χ0) is 15.1. The molecule has 2 aliphatic heterocycles. The summed E-state index contributed by atoms with van der Waals surface area (Å²) in [6.45, 7) is 0.427. The number of fused-ring (bicyclic) bond motifs is 2. The predicted octanol–water partition coefficient (Wildman–Crippen LogP) is 2.78. The fourth-order valence-corrected chi connectivity index (χ4v) is 2.99. The number of rotatable bonds is 2. The van der Waals surface area contributed by atoms with E-state index < -0.39 is 0 Å². The van der Waals surface area contributed by atoms with Gasteiger partial charge in [0, 0.05) is 28.8 Å². The van der Waals surface area contributed by atoms with Crippen molar-refractivity contribution >= 4 is 29.2 Å². The number of anilines is 1. The molecule has 0 spiro atoms. The number of benzene rings is 2. The zero-order valence-corrected chi connectivity index (χ0v) is 11.8. The molecule has 0 unspecified atom stereocenters. The molecule has 108 valence electrons. The number of amides is 1. The summed E-state index contributed by atoms with van der Waals surface area (Å²) in [5.74, 6) is 0.483. The van der Waals surface area contributed by atoms with Crippen LogP contribution in [0.15, 0.2) is 42.5 Å². The Morgan fingerprint density at radius 3 is 2.86 bits per heavy atom. The number of hydrogen-bond acceptors (Lipinski definition) is 3. The average molecular weight is 291 g/mol. The van der Waals surface area contributed by atoms with E-state index in [9.17, 15) is 9.59 Å². The van der Waals surface area contributed by atoms with E-state index in [4.69, 9.17) is 4.74 Å². The van der Waals surface area contributed by atoms with Gasteiger partial charge in [-0.15, -0.1) is 0 Å². The highest BCUT2D eigenvalue weighted by atomic mass is 16.5. The molecule has 0 atom stereocenters. The lowest BCUT2D eigenvalue weighted by Gasteiger charge is -2.05. The smallest absolute Gasteiger partial charge is 0.260 e. The second-order valence-electron chi connectivity index (χ2n) is 5.35. The van der Waals surface area contributed by atoms with Crippen LogP contribution in [-0.2, 0) is 27.4 Å². The van der Waals surface area contributed by atoms with Crippen molar-refractivity contribution in [3.8, 4) is 0 Å². The van der Waals surface area contributed by atoms with Crippen LogP contribution in [0, 0.1) is 0 Å². The highest BCUT2D eigenvalue weighted by Gasteiger charge is 2.32. The van der Waals surface area contributed by atoms with E-state index >= 15 is 0 Å². The highest BCUT2D eigenvalue weighted by Crippen LogP contribution is 2.41. The van der Waals surface area contributed by atoms with Crippen molar-refractivity contribution in [2.75, 3.05) is 5.32 Å². The molecule has 4 heteroatoms. The summed E-state index contributed by atoms with van der Waals surface area (Å²) in [5, 5.41) is 2.86. The Labute approximate surface area is 127 Å². The quantitative estimate of drug-likeness (QED) is 0.684. The maximum atomic E-state index is 12.3. The molecule has 0 fully saturated rings. The van der Waals surface area contributed by atoms with Gasteiger partial charge in [0.05, 0.1) is 5.57 Å². The average Bonchev–Trinajstić information content (AvgIpc) is 3.07. The monoisotopic (exact) mass is 291 g/mol. The van der Waals surface area contributed by atoms with Crippen LogP contribution in [0.2, 0.25) is 0 Å². The van der Waals surface area contributed by atoms with Gasteiger partial charge in [0.15, 0.2) is 0 Å². The Balaban J connectivity index is 1.86. The summed E-state index contributed by atoms with van der Waals surface area (Å²) in [5.41, 5.74) is 5.16. The number of ether oxygens (including phenoxy) is 1. The van der Waals surface area contributed by atoms with Crippen molar-refractivity contribution in [2.24, 2.45) is 0 Å². The van der Waals surface area contributed by atoms with Crippen LogP contribution in [0.3, 0.4) is 0 Å². The predicted molar refractivity (Wildman–Crippen MR) is 82.9 cm³/mol. The molecular weight excluding hydrogens is 278 g/mol. The third-order valence-electron chi connectivity index (χ3n) is 4.00. The van der Waals surface area contributed by atoms with E-state index in [-0.39, 0.29) is 5.91 Å². The maximum absolute atomic E-state index is 12.3. The Bertz CT molecular complexity index is 836. The first-order valence-corrected chi connectivity index (χ1v) is 7.11. The number of nitrogens with one attached hydrogen (secondary N) is 1. The van der Waals surface area contributed by atoms with Gasteiger partial charge in [-0.3, -0.25) is 4.79 Å². The van der Waals surface area contributed by atoms with E-state index in [0.29, 0.717) is 24.4 Å². The van der Waals surface area contributed by atoms with Gasteiger partial charge in [-0.1, -0.05) is 36.4 Å². The minimum atomic E-state index is -0.138. The lowest BCUT2D eigenvalue weighted by Crippen LogP contribution is -2.05. The molecule has 0 aliphatic carbocycles. The molecule has 4 rings (SSSR count). The molecule has 0 aromatic heterocycles. The standard InChI is InChI=1S/C18H13NO3/c20-8-7-11-5-6-13-12(9-11)10-22-17(13)16-14-3-1-2-4-15(14)19-18(16)21/h1-6,8-9H,7,10H2,(H,19,21). The third-order valence-corrected chi connectivity index (χ3v) is 4.00. The molecule has 0 radical (unpaired) electrons. The second kappa shape index (κ2) is 4.84. The summed E-state index contributed by atoms with van der Waals surface area (Å²) < 4.78 is 5.80. The maximum Gasteiger partial charge on any atom is 0.260 e. The van der Waals surface area contributed by atoms with Crippen LogP contribution in [0.5, 0.6) is 0 Å².